The number of hydrogen-bond acceptors (Lipinski definition) is 2. The Morgan fingerprint density at radius 1 is 1.11 bits per heavy atom. The molecule has 18 heavy (non-hydrogen) atoms. The second-order valence-electron chi connectivity index (χ2n) is 4.93. The zero-order valence-corrected chi connectivity index (χ0v) is 12.1. The molecule has 96 valence electrons. The fraction of sp³-hybridized carbons (Fsp3) is 0.375. The lowest BCUT2D eigenvalue weighted by Crippen LogP contribution is -2.30. The summed E-state index contributed by atoms with van der Waals surface area (Å²) < 4.78 is 0. The molecule has 0 saturated heterocycles. The van der Waals surface area contributed by atoms with Crippen LogP contribution in [-0.2, 0) is 6.42 Å². The third kappa shape index (κ3) is 3.44. The van der Waals surface area contributed by atoms with Crippen molar-refractivity contribution in [3.63, 3.8) is 0 Å². The van der Waals surface area contributed by atoms with Crippen molar-refractivity contribution in [2.75, 3.05) is 0 Å². The van der Waals surface area contributed by atoms with Crippen LogP contribution < -0.4 is 5.32 Å². The Morgan fingerprint density at radius 3 is 2.56 bits per heavy atom. The normalized spacial score (nSPS) is 14.4. The molecule has 2 heteroatoms. The van der Waals surface area contributed by atoms with Gasteiger partial charge < -0.3 is 5.32 Å². The van der Waals surface area contributed by atoms with Crippen molar-refractivity contribution >= 4 is 11.3 Å². The van der Waals surface area contributed by atoms with Gasteiger partial charge in [-0.3, -0.25) is 0 Å². The highest BCUT2D eigenvalue weighted by Gasteiger charge is 2.11. The van der Waals surface area contributed by atoms with Gasteiger partial charge in [0.25, 0.3) is 0 Å². The van der Waals surface area contributed by atoms with Gasteiger partial charge in [0.15, 0.2) is 0 Å². The summed E-state index contributed by atoms with van der Waals surface area (Å²) in [4.78, 5) is 1.45. The average molecular weight is 259 g/mol. The zero-order chi connectivity index (χ0) is 13.0. The SMILES string of the molecule is Cc1ccccc1C(C)NC(C)Cc1cccs1. The Bertz CT molecular complexity index is 476. The largest absolute Gasteiger partial charge is 0.307 e. The Morgan fingerprint density at radius 2 is 1.89 bits per heavy atom. The number of aryl methyl sites for hydroxylation is 1. The predicted molar refractivity (Wildman–Crippen MR) is 80.2 cm³/mol. The number of hydrogen-bond donors (Lipinski definition) is 1. The van der Waals surface area contributed by atoms with Crippen molar-refractivity contribution in [3.8, 4) is 0 Å². The highest BCUT2D eigenvalue weighted by atomic mass is 32.1. The van der Waals surface area contributed by atoms with Crippen LogP contribution in [0.3, 0.4) is 0 Å². The molecular weight excluding hydrogens is 238 g/mol. The molecule has 0 fully saturated rings. The van der Waals surface area contributed by atoms with Crippen molar-refractivity contribution in [1.29, 1.82) is 0 Å². The van der Waals surface area contributed by atoms with E-state index in [2.05, 4.69) is 67.9 Å². The molecule has 1 heterocycles. The van der Waals surface area contributed by atoms with Gasteiger partial charge in [-0.2, -0.15) is 0 Å². The Kier molecular flexibility index (Phi) is 4.56. The molecule has 2 unspecified atom stereocenters. The summed E-state index contributed by atoms with van der Waals surface area (Å²) in [5, 5.41) is 5.83. The lowest BCUT2D eigenvalue weighted by atomic mass is 10.0. The first-order valence-electron chi connectivity index (χ1n) is 6.51. The molecule has 0 radical (unpaired) electrons. The maximum Gasteiger partial charge on any atom is 0.0296 e. The van der Waals surface area contributed by atoms with Crippen LogP contribution in [0.1, 0.15) is 35.9 Å². The van der Waals surface area contributed by atoms with Gasteiger partial charge >= 0.3 is 0 Å². The van der Waals surface area contributed by atoms with Crippen molar-refractivity contribution in [1.82, 2.24) is 5.32 Å². The maximum absolute atomic E-state index is 3.68. The first-order chi connectivity index (χ1) is 8.66. The summed E-state index contributed by atoms with van der Waals surface area (Å²) in [6.45, 7) is 6.68. The van der Waals surface area contributed by atoms with Crippen molar-refractivity contribution in [2.24, 2.45) is 0 Å². The first-order valence-corrected chi connectivity index (χ1v) is 7.38. The third-order valence-electron chi connectivity index (χ3n) is 3.28. The van der Waals surface area contributed by atoms with Gasteiger partial charge in [-0.05, 0) is 49.8 Å². The molecule has 0 aliphatic heterocycles. The van der Waals surface area contributed by atoms with E-state index in [1.54, 1.807) is 0 Å². The smallest absolute Gasteiger partial charge is 0.0296 e. The average Bonchev–Trinajstić information content (AvgIpc) is 2.82. The van der Waals surface area contributed by atoms with Crippen molar-refractivity contribution in [3.05, 3.63) is 57.8 Å². The van der Waals surface area contributed by atoms with Crippen LogP contribution in [0, 0.1) is 6.92 Å². The van der Waals surface area contributed by atoms with Gasteiger partial charge in [0, 0.05) is 17.0 Å². The zero-order valence-electron chi connectivity index (χ0n) is 11.3. The number of benzene rings is 1. The van der Waals surface area contributed by atoms with E-state index >= 15 is 0 Å². The van der Waals surface area contributed by atoms with Gasteiger partial charge in [-0.25, -0.2) is 0 Å². The summed E-state index contributed by atoms with van der Waals surface area (Å²) in [6.07, 6.45) is 1.11. The van der Waals surface area contributed by atoms with Crippen LogP contribution >= 0.6 is 11.3 Å². The molecule has 0 spiro atoms. The van der Waals surface area contributed by atoms with Gasteiger partial charge in [0.2, 0.25) is 0 Å². The summed E-state index contributed by atoms with van der Waals surface area (Å²) in [5.41, 5.74) is 2.76. The quantitative estimate of drug-likeness (QED) is 0.842. The Labute approximate surface area is 114 Å². The second kappa shape index (κ2) is 6.17. The minimum atomic E-state index is 0.404. The first kappa shape index (κ1) is 13.3. The summed E-state index contributed by atoms with van der Waals surface area (Å²) >= 11 is 1.84. The molecule has 2 rings (SSSR count). The molecule has 0 aliphatic rings. The minimum absolute atomic E-state index is 0.404. The number of thiophene rings is 1. The van der Waals surface area contributed by atoms with E-state index in [4.69, 9.17) is 0 Å². The summed E-state index contributed by atoms with van der Waals surface area (Å²) in [7, 11) is 0. The highest BCUT2D eigenvalue weighted by molar-refractivity contribution is 7.09. The molecular formula is C16H21NS. The number of rotatable bonds is 5. The molecule has 2 aromatic rings. The molecule has 0 bridgehead atoms. The van der Waals surface area contributed by atoms with E-state index in [1.165, 1.54) is 16.0 Å². The molecule has 0 saturated carbocycles. The van der Waals surface area contributed by atoms with E-state index < -0.39 is 0 Å². The maximum atomic E-state index is 3.68. The minimum Gasteiger partial charge on any atom is -0.307 e. The molecule has 1 aromatic heterocycles. The number of nitrogens with one attached hydrogen (secondary N) is 1. The standard InChI is InChI=1S/C16H21NS/c1-12-7-4-5-9-16(12)14(3)17-13(2)11-15-8-6-10-18-15/h4-10,13-14,17H,11H2,1-3H3. The van der Waals surface area contributed by atoms with Gasteiger partial charge in [-0.1, -0.05) is 30.3 Å². The molecule has 2 atom stereocenters. The fourth-order valence-corrected chi connectivity index (χ4v) is 3.21. The van der Waals surface area contributed by atoms with Crippen LogP contribution in [0.25, 0.3) is 0 Å². The molecule has 1 N–H and O–H groups in total. The van der Waals surface area contributed by atoms with Crippen LogP contribution in [0.4, 0.5) is 0 Å². The molecule has 1 aromatic carbocycles. The van der Waals surface area contributed by atoms with Crippen molar-refractivity contribution < 1.29 is 0 Å². The van der Waals surface area contributed by atoms with Crippen LogP contribution in [0.2, 0.25) is 0 Å². The fourth-order valence-electron chi connectivity index (χ4n) is 2.38. The van der Waals surface area contributed by atoms with Crippen molar-refractivity contribution in [2.45, 2.75) is 39.3 Å². The van der Waals surface area contributed by atoms with E-state index in [9.17, 15) is 0 Å². The lowest BCUT2D eigenvalue weighted by molar-refractivity contribution is 0.478. The van der Waals surface area contributed by atoms with E-state index in [0.717, 1.165) is 6.42 Å². The summed E-state index contributed by atoms with van der Waals surface area (Å²) in [5.74, 6) is 0. The van der Waals surface area contributed by atoms with Gasteiger partial charge in [0.1, 0.15) is 0 Å². The van der Waals surface area contributed by atoms with E-state index in [0.29, 0.717) is 12.1 Å². The third-order valence-corrected chi connectivity index (χ3v) is 4.18. The van der Waals surface area contributed by atoms with Gasteiger partial charge in [0.05, 0.1) is 0 Å². The topological polar surface area (TPSA) is 12.0 Å². The van der Waals surface area contributed by atoms with Crippen LogP contribution in [0.5, 0.6) is 0 Å². The van der Waals surface area contributed by atoms with Crippen LogP contribution in [0.15, 0.2) is 41.8 Å². The van der Waals surface area contributed by atoms with E-state index in [1.807, 2.05) is 11.3 Å². The monoisotopic (exact) mass is 259 g/mol. The molecule has 0 amide bonds. The highest BCUT2D eigenvalue weighted by Crippen LogP contribution is 2.18. The molecule has 1 nitrogen and oxygen atoms in total. The summed E-state index contributed by atoms with van der Waals surface area (Å²) in [6, 6.07) is 13.8. The molecule has 0 aliphatic carbocycles. The van der Waals surface area contributed by atoms with Crippen LogP contribution in [-0.4, -0.2) is 6.04 Å². The Balaban J connectivity index is 1.95. The van der Waals surface area contributed by atoms with Gasteiger partial charge in [-0.15, -0.1) is 11.3 Å². The van der Waals surface area contributed by atoms with E-state index in [-0.39, 0.29) is 0 Å². The second-order valence-corrected chi connectivity index (χ2v) is 5.96. The Hall–Kier alpha value is -1.12. The predicted octanol–water partition coefficient (Wildman–Crippen LogP) is 4.34. The lowest BCUT2D eigenvalue weighted by Gasteiger charge is -2.21.